The molecule has 0 radical (unpaired) electrons. The van der Waals surface area contributed by atoms with Crippen LogP contribution in [0.3, 0.4) is 0 Å². The third-order valence-electron chi connectivity index (χ3n) is 4.22. The minimum absolute atomic E-state index is 0.295. The molecule has 0 aliphatic heterocycles. The Morgan fingerprint density at radius 3 is 2.90 bits per heavy atom. The Bertz CT molecular complexity index is 445. The largest absolute Gasteiger partial charge is 0.474 e. The second kappa shape index (κ2) is 7.26. The van der Waals surface area contributed by atoms with Crippen LogP contribution in [0.25, 0.3) is 0 Å². The Labute approximate surface area is 129 Å². The van der Waals surface area contributed by atoms with Gasteiger partial charge in [-0.15, -0.1) is 0 Å². The van der Waals surface area contributed by atoms with Crippen molar-refractivity contribution in [2.24, 2.45) is 11.3 Å². The first-order valence-electron chi connectivity index (χ1n) is 8.31. The minimum Gasteiger partial charge on any atom is -0.474 e. The van der Waals surface area contributed by atoms with Crippen molar-refractivity contribution in [3.8, 4) is 5.88 Å². The zero-order valence-electron chi connectivity index (χ0n) is 14.0. The van der Waals surface area contributed by atoms with E-state index in [0.717, 1.165) is 44.1 Å². The number of hydrogen-bond acceptors (Lipinski definition) is 3. The summed E-state index contributed by atoms with van der Waals surface area (Å²) in [4.78, 5) is 4.46. The van der Waals surface area contributed by atoms with Crippen molar-refractivity contribution in [2.45, 2.75) is 66.0 Å². The van der Waals surface area contributed by atoms with E-state index in [4.69, 9.17) is 4.74 Å². The summed E-state index contributed by atoms with van der Waals surface area (Å²) >= 11 is 0. The molecule has 3 heteroatoms. The maximum Gasteiger partial charge on any atom is 0.218 e. The standard InChI is InChI=1S/C18H30N2O/c1-5-8-19-13-15-7-6-9-20-17(15)21-16-10-14(2)11-18(3,4)12-16/h6-7,9,14,16,19H,5,8,10-13H2,1-4H3. The van der Waals surface area contributed by atoms with Gasteiger partial charge in [-0.2, -0.15) is 0 Å². The fourth-order valence-electron chi connectivity index (χ4n) is 3.57. The number of aromatic nitrogens is 1. The molecule has 1 fully saturated rings. The van der Waals surface area contributed by atoms with Gasteiger partial charge in [-0.1, -0.05) is 33.8 Å². The van der Waals surface area contributed by atoms with E-state index in [0.29, 0.717) is 11.5 Å². The Balaban J connectivity index is 2.01. The SMILES string of the molecule is CCCNCc1cccnc1OC1CC(C)CC(C)(C)C1. The Hall–Kier alpha value is -1.09. The molecule has 1 aliphatic carbocycles. The lowest BCUT2D eigenvalue weighted by Gasteiger charge is -2.38. The van der Waals surface area contributed by atoms with E-state index in [9.17, 15) is 0 Å². The Morgan fingerprint density at radius 2 is 2.19 bits per heavy atom. The number of nitrogens with zero attached hydrogens (tertiary/aromatic N) is 1. The summed E-state index contributed by atoms with van der Waals surface area (Å²) in [6.45, 7) is 11.1. The van der Waals surface area contributed by atoms with E-state index in [1.807, 2.05) is 12.3 Å². The van der Waals surface area contributed by atoms with Crippen molar-refractivity contribution in [3.63, 3.8) is 0 Å². The second-order valence-corrected chi connectivity index (χ2v) is 7.30. The first-order valence-corrected chi connectivity index (χ1v) is 8.31. The lowest BCUT2D eigenvalue weighted by Crippen LogP contribution is -2.34. The zero-order chi connectivity index (χ0) is 15.3. The highest BCUT2D eigenvalue weighted by Gasteiger charge is 2.33. The third kappa shape index (κ3) is 4.99. The fraction of sp³-hybridized carbons (Fsp3) is 0.722. The number of rotatable bonds is 6. The van der Waals surface area contributed by atoms with Crippen molar-refractivity contribution >= 4 is 0 Å². The first-order chi connectivity index (χ1) is 10.00. The molecule has 0 amide bonds. The smallest absolute Gasteiger partial charge is 0.218 e. The van der Waals surface area contributed by atoms with Crippen LogP contribution in [-0.2, 0) is 6.54 Å². The van der Waals surface area contributed by atoms with Gasteiger partial charge in [-0.05, 0) is 49.6 Å². The normalized spacial score (nSPS) is 24.8. The minimum atomic E-state index is 0.295. The van der Waals surface area contributed by atoms with E-state index in [2.05, 4.69) is 44.1 Å². The number of hydrogen-bond donors (Lipinski definition) is 1. The molecule has 21 heavy (non-hydrogen) atoms. The molecule has 1 heterocycles. The summed E-state index contributed by atoms with van der Waals surface area (Å²) < 4.78 is 6.27. The molecule has 0 aromatic carbocycles. The summed E-state index contributed by atoms with van der Waals surface area (Å²) in [5, 5.41) is 3.43. The van der Waals surface area contributed by atoms with Crippen LogP contribution in [0.5, 0.6) is 5.88 Å². The maximum absolute atomic E-state index is 6.27. The molecule has 1 aromatic rings. The van der Waals surface area contributed by atoms with E-state index >= 15 is 0 Å². The van der Waals surface area contributed by atoms with E-state index in [1.54, 1.807) is 0 Å². The summed E-state index contributed by atoms with van der Waals surface area (Å²) in [6.07, 6.45) is 6.82. The second-order valence-electron chi connectivity index (χ2n) is 7.30. The van der Waals surface area contributed by atoms with E-state index < -0.39 is 0 Å². The highest BCUT2D eigenvalue weighted by molar-refractivity contribution is 5.25. The van der Waals surface area contributed by atoms with E-state index in [1.165, 1.54) is 12.0 Å². The quantitative estimate of drug-likeness (QED) is 0.798. The molecule has 1 aliphatic rings. The third-order valence-corrected chi connectivity index (χ3v) is 4.22. The van der Waals surface area contributed by atoms with Crippen molar-refractivity contribution in [2.75, 3.05) is 6.54 Å². The van der Waals surface area contributed by atoms with Gasteiger partial charge in [0, 0.05) is 18.3 Å². The van der Waals surface area contributed by atoms with Crippen molar-refractivity contribution in [1.82, 2.24) is 10.3 Å². The summed E-state index contributed by atoms with van der Waals surface area (Å²) in [5.41, 5.74) is 1.54. The van der Waals surface area contributed by atoms with Gasteiger partial charge >= 0.3 is 0 Å². The highest BCUT2D eigenvalue weighted by atomic mass is 16.5. The summed E-state index contributed by atoms with van der Waals surface area (Å²) in [6, 6.07) is 4.10. The van der Waals surface area contributed by atoms with Crippen molar-refractivity contribution < 1.29 is 4.74 Å². The molecule has 1 aromatic heterocycles. The van der Waals surface area contributed by atoms with Gasteiger partial charge in [-0.3, -0.25) is 0 Å². The molecule has 3 nitrogen and oxygen atoms in total. The predicted octanol–water partition coefficient (Wildman–Crippen LogP) is 4.17. The average molecular weight is 290 g/mol. The lowest BCUT2D eigenvalue weighted by molar-refractivity contribution is 0.0525. The van der Waals surface area contributed by atoms with Crippen LogP contribution in [0.1, 0.15) is 58.9 Å². The van der Waals surface area contributed by atoms with Crippen LogP contribution < -0.4 is 10.1 Å². The molecule has 2 rings (SSSR count). The molecule has 0 saturated heterocycles. The van der Waals surface area contributed by atoms with Crippen LogP contribution in [0.15, 0.2) is 18.3 Å². The predicted molar refractivity (Wildman–Crippen MR) is 87.4 cm³/mol. The monoisotopic (exact) mass is 290 g/mol. The molecule has 1 saturated carbocycles. The van der Waals surface area contributed by atoms with Gasteiger partial charge in [0.1, 0.15) is 6.10 Å². The maximum atomic E-state index is 6.27. The molecular weight excluding hydrogens is 260 g/mol. The molecule has 118 valence electrons. The fourth-order valence-corrected chi connectivity index (χ4v) is 3.57. The first kappa shape index (κ1) is 16.3. The molecule has 0 spiro atoms. The van der Waals surface area contributed by atoms with Crippen molar-refractivity contribution in [3.05, 3.63) is 23.9 Å². The van der Waals surface area contributed by atoms with Gasteiger partial charge in [-0.25, -0.2) is 4.98 Å². The lowest BCUT2D eigenvalue weighted by atomic mass is 9.71. The number of ether oxygens (including phenoxy) is 1. The van der Waals surface area contributed by atoms with Crippen LogP contribution in [0, 0.1) is 11.3 Å². The molecule has 2 unspecified atom stereocenters. The Kier molecular flexibility index (Phi) is 5.63. The summed E-state index contributed by atoms with van der Waals surface area (Å²) in [7, 11) is 0. The average Bonchev–Trinajstić information content (AvgIpc) is 2.38. The molecule has 0 bridgehead atoms. The highest BCUT2D eigenvalue weighted by Crippen LogP contribution is 2.40. The van der Waals surface area contributed by atoms with Crippen LogP contribution in [0.4, 0.5) is 0 Å². The molecule has 1 N–H and O–H groups in total. The van der Waals surface area contributed by atoms with Gasteiger partial charge in [0.05, 0.1) is 0 Å². The topological polar surface area (TPSA) is 34.2 Å². The number of nitrogens with one attached hydrogen (secondary N) is 1. The van der Waals surface area contributed by atoms with Crippen molar-refractivity contribution in [1.29, 1.82) is 0 Å². The molecule has 2 atom stereocenters. The van der Waals surface area contributed by atoms with Gasteiger partial charge < -0.3 is 10.1 Å². The number of pyridine rings is 1. The van der Waals surface area contributed by atoms with Gasteiger partial charge in [0.2, 0.25) is 5.88 Å². The Morgan fingerprint density at radius 1 is 1.38 bits per heavy atom. The zero-order valence-corrected chi connectivity index (χ0v) is 14.0. The van der Waals surface area contributed by atoms with Crippen LogP contribution in [0.2, 0.25) is 0 Å². The molecular formula is C18H30N2O. The van der Waals surface area contributed by atoms with Crippen LogP contribution >= 0.6 is 0 Å². The van der Waals surface area contributed by atoms with Crippen LogP contribution in [-0.4, -0.2) is 17.6 Å². The van der Waals surface area contributed by atoms with Gasteiger partial charge in [0.25, 0.3) is 0 Å². The van der Waals surface area contributed by atoms with E-state index in [-0.39, 0.29) is 0 Å². The van der Waals surface area contributed by atoms with Gasteiger partial charge in [0.15, 0.2) is 0 Å². The summed E-state index contributed by atoms with van der Waals surface area (Å²) in [5.74, 6) is 1.54.